The Kier molecular flexibility index (Phi) is 9.37. The van der Waals surface area contributed by atoms with Gasteiger partial charge in [-0.3, -0.25) is 20.2 Å². The Labute approximate surface area is 223 Å². The molecule has 12 nitrogen and oxygen atoms in total. The molecule has 0 N–H and O–H groups in total. The van der Waals surface area contributed by atoms with Crippen LogP contribution in [0, 0.1) is 33.0 Å². The molecule has 0 bridgehead atoms. The minimum absolute atomic E-state index is 0.0401. The number of nitro benzene ring substituents is 2. The van der Waals surface area contributed by atoms with Gasteiger partial charge in [0, 0.05) is 24.5 Å². The van der Waals surface area contributed by atoms with E-state index < -0.39 is 79.3 Å². The third kappa shape index (κ3) is 7.11. The number of aryl methyl sites for hydroxylation is 1. The van der Waals surface area contributed by atoms with Crippen LogP contribution < -0.4 is 0 Å². The first kappa shape index (κ1) is 32.1. The van der Waals surface area contributed by atoms with Crippen molar-refractivity contribution in [3.8, 4) is 5.69 Å². The van der Waals surface area contributed by atoms with Crippen LogP contribution in [0.1, 0.15) is 37.7 Å². The highest BCUT2D eigenvalue weighted by Gasteiger charge is 2.39. The Hall–Kier alpha value is -5.10. The van der Waals surface area contributed by atoms with Crippen molar-refractivity contribution in [2.75, 3.05) is 14.2 Å². The van der Waals surface area contributed by atoms with Gasteiger partial charge in [-0.1, -0.05) is 0 Å². The van der Waals surface area contributed by atoms with Crippen molar-refractivity contribution in [3.05, 3.63) is 90.8 Å². The van der Waals surface area contributed by atoms with E-state index in [1.165, 1.54) is 19.3 Å². The Morgan fingerprint density at radius 2 is 1.27 bits per heavy atom. The summed E-state index contributed by atoms with van der Waals surface area (Å²) in [4.78, 5) is 45.8. The van der Waals surface area contributed by atoms with Gasteiger partial charge in [-0.25, -0.2) is 19.0 Å². The summed E-state index contributed by atoms with van der Waals surface area (Å²) in [5.41, 5.74) is -7.12. The Bertz CT molecular complexity index is 1520. The predicted octanol–water partition coefficient (Wildman–Crippen LogP) is 5.43. The van der Waals surface area contributed by atoms with Crippen molar-refractivity contribution in [3.63, 3.8) is 0 Å². The molecule has 0 aliphatic rings. The smallest absolute Gasteiger partial charge is 0.419 e. The van der Waals surface area contributed by atoms with Crippen molar-refractivity contribution in [2.24, 2.45) is 0 Å². The molecule has 3 aromatic rings. The largest absolute Gasteiger partial charge is 0.465 e. The second-order valence-corrected chi connectivity index (χ2v) is 7.57. The molecule has 2 aromatic carbocycles. The zero-order valence-electron chi connectivity index (χ0n) is 20.7. The van der Waals surface area contributed by atoms with Gasteiger partial charge in [-0.05, 0) is 19.1 Å². The number of halogens is 7. The number of nitro groups is 2. The van der Waals surface area contributed by atoms with E-state index in [4.69, 9.17) is 0 Å². The van der Waals surface area contributed by atoms with E-state index in [9.17, 15) is 60.6 Å². The molecular formula is C22H15F7N4O8. The molecule has 19 heteroatoms. The minimum Gasteiger partial charge on any atom is -0.465 e. The average Bonchev–Trinajstić information content (AvgIpc) is 3.31. The fourth-order valence-electron chi connectivity index (χ4n) is 3.26. The number of nitrogens with zero attached hydrogens (tertiary/aromatic N) is 4. The lowest BCUT2D eigenvalue weighted by Gasteiger charge is -2.16. The van der Waals surface area contributed by atoms with Gasteiger partial charge >= 0.3 is 24.3 Å². The molecule has 0 saturated carbocycles. The van der Waals surface area contributed by atoms with Crippen molar-refractivity contribution in [2.45, 2.75) is 19.3 Å². The molecule has 220 valence electrons. The lowest BCUT2D eigenvalue weighted by atomic mass is 10.1. The van der Waals surface area contributed by atoms with Crippen LogP contribution >= 0.6 is 0 Å². The van der Waals surface area contributed by atoms with Gasteiger partial charge in [0.1, 0.15) is 22.8 Å². The van der Waals surface area contributed by atoms with Crippen molar-refractivity contribution < 1.29 is 59.6 Å². The van der Waals surface area contributed by atoms with E-state index in [2.05, 4.69) is 14.5 Å². The first-order valence-electron chi connectivity index (χ1n) is 10.5. The number of carbonyl (C=O) groups is 2. The number of alkyl halides is 6. The molecule has 0 aliphatic heterocycles. The van der Waals surface area contributed by atoms with Gasteiger partial charge in [-0.2, -0.15) is 26.3 Å². The summed E-state index contributed by atoms with van der Waals surface area (Å²) < 4.78 is 99.5. The van der Waals surface area contributed by atoms with Crippen LogP contribution in [0.2, 0.25) is 0 Å². The van der Waals surface area contributed by atoms with Gasteiger partial charge < -0.3 is 14.0 Å². The average molecular weight is 596 g/mol. The van der Waals surface area contributed by atoms with E-state index in [0.29, 0.717) is 6.07 Å². The van der Waals surface area contributed by atoms with Crippen LogP contribution in [0.25, 0.3) is 5.69 Å². The van der Waals surface area contributed by atoms with Gasteiger partial charge in [0.05, 0.1) is 40.9 Å². The highest BCUT2D eigenvalue weighted by Crippen LogP contribution is 2.38. The van der Waals surface area contributed by atoms with Crippen LogP contribution in [-0.2, 0) is 21.8 Å². The van der Waals surface area contributed by atoms with E-state index in [1.54, 1.807) is 0 Å². The maximum absolute atomic E-state index is 13.3. The van der Waals surface area contributed by atoms with Crippen molar-refractivity contribution >= 4 is 23.3 Å². The summed E-state index contributed by atoms with van der Waals surface area (Å²) in [6, 6.07) is 1.19. The Morgan fingerprint density at radius 1 is 0.829 bits per heavy atom. The molecule has 0 spiro atoms. The van der Waals surface area contributed by atoms with E-state index in [0.717, 1.165) is 24.9 Å². The first-order valence-corrected chi connectivity index (χ1v) is 10.5. The molecule has 1 heterocycles. The summed E-state index contributed by atoms with van der Waals surface area (Å²) in [5, 5.41) is 21.5. The number of ether oxygens (including phenoxy) is 2. The van der Waals surface area contributed by atoms with E-state index >= 15 is 0 Å². The number of aromatic nitrogens is 2. The summed E-state index contributed by atoms with van der Waals surface area (Å²) >= 11 is 0. The van der Waals surface area contributed by atoms with E-state index in [-0.39, 0.29) is 18.0 Å². The molecule has 0 saturated heterocycles. The molecular weight excluding hydrogens is 581 g/mol. The van der Waals surface area contributed by atoms with Gasteiger partial charge in [0.25, 0.3) is 11.4 Å². The van der Waals surface area contributed by atoms with Crippen molar-refractivity contribution in [1.29, 1.82) is 0 Å². The SMILES string of the molecule is COC(=O)c1cc(-n2ccnc2C)c(C(F)(F)F)cc1[N+](=O)[O-].COC(=O)c1cc(F)c(C(F)(F)F)cc1[N+](=O)[O-]. The second kappa shape index (κ2) is 12.0. The van der Waals surface area contributed by atoms with Crippen LogP contribution in [0.15, 0.2) is 36.7 Å². The third-order valence-corrected chi connectivity index (χ3v) is 5.10. The zero-order valence-corrected chi connectivity index (χ0v) is 20.7. The number of benzene rings is 2. The standard InChI is InChI=1S/C13H10F3N3O4.C9H5F4NO4/c1-7-17-3-4-18(7)11-5-8(12(20)23-2)10(19(21)22)6-9(11)13(14,15)16;1-18-8(15)4-2-6(10)5(9(11,12)13)3-7(4)14(16)17/h3-6H,1-2H3;2-3H,1H3. The van der Waals surface area contributed by atoms with Gasteiger partial charge in [-0.15, -0.1) is 0 Å². The number of methoxy groups -OCH3 is 2. The predicted molar refractivity (Wildman–Crippen MR) is 121 cm³/mol. The number of esters is 2. The molecule has 0 radical (unpaired) electrons. The first-order chi connectivity index (χ1) is 18.8. The summed E-state index contributed by atoms with van der Waals surface area (Å²) in [5.74, 6) is -3.97. The lowest BCUT2D eigenvalue weighted by molar-refractivity contribution is -0.385. The van der Waals surface area contributed by atoms with Crippen LogP contribution in [-0.4, -0.2) is 45.6 Å². The minimum atomic E-state index is -5.09. The van der Waals surface area contributed by atoms with Crippen LogP contribution in [0.3, 0.4) is 0 Å². The van der Waals surface area contributed by atoms with Crippen LogP contribution in [0.5, 0.6) is 0 Å². The monoisotopic (exact) mass is 596 g/mol. The molecule has 3 rings (SSSR count). The van der Waals surface area contributed by atoms with Crippen molar-refractivity contribution in [1.82, 2.24) is 9.55 Å². The molecule has 0 aliphatic carbocycles. The highest BCUT2D eigenvalue weighted by atomic mass is 19.4. The zero-order chi connectivity index (χ0) is 31.4. The summed E-state index contributed by atoms with van der Waals surface area (Å²) in [6.07, 6.45) is -7.42. The van der Waals surface area contributed by atoms with Gasteiger partial charge in [0.2, 0.25) is 0 Å². The topological polar surface area (TPSA) is 157 Å². The molecule has 0 fully saturated rings. The highest BCUT2D eigenvalue weighted by molar-refractivity contribution is 5.95. The number of carbonyl (C=O) groups excluding carboxylic acids is 2. The van der Waals surface area contributed by atoms with E-state index in [1.807, 2.05) is 0 Å². The summed E-state index contributed by atoms with van der Waals surface area (Å²) in [7, 11) is 1.84. The number of rotatable bonds is 5. The number of hydrogen-bond donors (Lipinski definition) is 0. The molecule has 41 heavy (non-hydrogen) atoms. The quantitative estimate of drug-likeness (QED) is 0.162. The maximum atomic E-state index is 13.3. The molecule has 1 aromatic heterocycles. The number of imidazole rings is 1. The summed E-state index contributed by atoms with van der Waals surface area (Å²) in [6.45, 7) is 1.46. The lowest BCUT2D eigenvalue weighted by Crippen LogP contribution is -2.15. The molecule has 0 unspecified atom stereocenters. The molecule has 0 amide bonds. The Morgan fingerprint density at radius 3 is 1.63 bits per heavy atom. The number of hydrogen-bond acceptors (Lipinski definition) is 9. The van der Waals surface area contributed by atoms with Gasteiger partial charge in [0.15, 0.2) is 0 Å². The van der Waals surface area contributed by atoms with Crippen LogP contribution in [0.4, 0.5) is 42.1 Å². The molecule has 0 atom stereocenters. The fraction of sp³-hybridized carbons (Fsp3) is 0.227. The maximum Gasteiger partial charge on any atom is 0.419 e. The normalized spacial score (nSPS) is 11.3. The Balaban J connectivity index is 0.000000296. The fourth-order valence-corrected chi connectivity index (χ4v) is 3.26. The third-order valence-electron chi connectivity index (χ3n) is 5.10. The second-order valence-electron chi connectivity index (χ2n) is 7.57.